The van der Waals surface area contributed by atoms with Crippen molar-refractivity contribution >= 4 is 17.3 Å². The summed E-state index contributed by atoms with van der Waals surface area (Å²) in [6.07, 6.45) is 3.44. The molecule has 2 rings (SSSR count). The molecule has 1 aromatic rings. The summed E-state index contributed by atoms with van der Waals surface area (Å²) in [5.74, 6) is -0.672. The second-order valence-corrected chi connectivity index (χ2v) is 5.14. The van der Waals surface area contributed by atoms with E-state index in [0.717, 1.165) is 19.3 Å². The number of carbonyl (C=O) groups is 1. The van der Waals surface area contributed by atoms with Crippen LogP contribution in [0.2, 0.25) is 0 Å². The molecular formula is C11H14O2S. The molecule has 1 aromatic heterocycles. The Morgan fingerprint density at radius 3 is 2.71 bits per heavy atom. The molecule has 0 aliphatic heterocycles. The summed E-state index contributed by atoms with van der Waals surface area (Å²) < 4.78 is 0. The summed E-state index contributed by atoms with van der Waals surface area (Å²) in [4.78, 5) is 13.3. The van der Waals surface area contributed by atoms with Gasteiger partial charge in [-0.15, -0.1) is 11.3 Å². The number of carboxylic acids is 1. The summed E-state index contributed by atoms with van der Waals surface area (Å²) in [7, 11) is 0. The van der Waals surface area contributed by atoms with Crippen LogP contribution in [0.1, 0.15) is 35.9 Å². The molecule has 2 nitrogen and oxygen atoms in total. The van der Waals surface area contributed by atoms with Crippen molar-refractivity contribution in [2.75, 3.05) is 0 Å². The summed E-state index contributed by atoms with van der Waals surface area (Å²) >= 11 is 1.78. The molecule has 0 saturated heterocycles. The van der Waals surface area contributed by atoms with Crippen molar-refractivity contribution in [3.8, 4) is 0 Å². The first-order chi connectivity index (χ1) is 6.66. The molecule has 1 heterocycles. The molecule has 1 saturated carbocycles. The zero-order valence-electron chi connectivity index (χ0n) is 8.25. The number of hydrogen-bond donors (Lipinski definition) is 1. The summed E-state index contributed by atoms with van der Waals surface area (Å²) in [6, 6.07) is 4.24. The van der Waals surface area contributed by atoms with E-state index in [4.69, 9.17) is 5.11 Å². The minimum absolute atomic E-state index is 0.00389. The highest BCUT2D eigenvalue weighted by Crippen LogP contribution is 2.53. The van der Waals surface area contributed by atoms with Crippen LogP contribution in [0.25, 0.3) is 0 Å². The molecule has 76 valence electrons. The largest absolute Gasteiger partial charge is 0.481 e. The Bertz CT molecular complexity index is 350. The predicted molar refractivity (Wildman–Crippen MR) is 56.9 cm³/mol. The minimum Gasteiger partial charge on any atom is -0.481 e. The number of aryl methyl sites for hydroxylation is 1. The Labute approximate surface area is 87.6 Å². The van der Waals surface area contributed by atoms with Crippen LogP contribution in [0.3, 0.4) is 0 Å². The minimum atomic E-state index is -0.672. The Balaban J connectivity index is 2.17. The molecule has 1 aliphatic carbocycles. The molecule has 0 atom stereocenters. The van der Waals surface area contributed by atoms with Crippen LogP contribution in [0.5, 0.6) is 0 Å². The van der Waals surface area contributed by atoms with Crippen LogP contribution in [0.4, 0.5) is 0 Å². The third-order valence-electron chi connectivity index (χ3n) is 2.88. The lowest BCUT2D eigenvalue weighted by atomic mass is 10.0. The van der Waals surface area contributed by atoms with Crippen molar-refractivity contribution in [1.29, 1.82) is 0 Å². The van der Waals surface area contributed by atoms with Gasteiger partial charge in [0.15, 0.2) is 0 Å². The fourth-order valence-electron chi connectivity index (χ4n) is 1.80. The number of thiophene rings is 1. The standard InChI is InChI=1S/C11H14O2S/c1-2-8-3-4-9(14-8)11(5-6-11)7-10(12)13/h3-4H,2,5-7H2,1H3,(H,12,13). The van der Waals surface area contributed by atoms with Gasteiger partial charge in [0.1, 0.15) is 0 Å². The maximum Gasteiger partial charge on any atom is 0.304 e. The predicted octanol–water partition coefficient (Wildman–Crippen LogP) is 2.82. The molecule has 14 heavy (non-hydrogen) atoms. The molecule has 1 aliphatic rings. The van der Waals surface area contributed by atoms with Crippen LogP contribution in [0, 0.1) is 0 Å². The summed E-state index contributed by atoms with van der Waals surface area (Å²) in [6.45, 7) is 2.13. The van der Waals surface area contributed by atoms with Crippen molar-refractivity contribution < 1.29 is 9.90 Å². The molecule has 0 aromatic carbocycles. The van der Waals surface area contributed by atoms with Gasteiger partial charge >= 0.3 is 5.97 Å². The van der Waals surface area contributed by atoms with Gasteiger partial charge in [-0.1, -0.05) is 6.92 Å². The van der Waals surface area contributed by atoms with E-state index in [-0.39, 0.29) is 5.41 Å². The molecule has 1 fully saturated rings. The second kappa shape index (κ2) is 3.39. The van der Waals surface area contributed by atoms with Gasteiger partial charge in [0.25, 0.3) is 0 Å². The van der Waals surface area contributed by atoms with Crippen molar-refractivity contribution in [3.05, 3.63) is 21.9 Å². The van der Waals surface area contributed by atoms with Crippen LogP contribution in [0.15, 0.2) is 12.1 Å². The van der Waals surface area contributed by atoms with E-state index >= 15 is 0 Å². The van der Waals surface area contributed by atoms with Gasteiger partial charge in [0.2, 0.25) is 0 Å². The third kappa shape index (κ3) is 1.69. The zero-order valence-corrected chi connectivity index (χ0v) is 9.06. The van der Waals surface area contributed by atoms with Crippen LogP contribution in [-0.2, 0) is 16.6 Å². The third-order valence-corrected chi connectivity index (χ3v) is 4.35. The first-order valence-electron chi connectivity index (χ1n) is 4.97. The van der Waals surface area contributed by atoms with E-state index in [1.807, 2.05) is 0 Å². The number of aliphatic carboxylic acids is 1. The average molecular weight is 210 g/mol. The van der Waals surface area contributed by atoms with Gasteiger partial charge in [-0.05, 0) is 31.4 Å². The zero-order chi connectivity index (χ0) is 10.2. The number of carboxylic acid groups (broad SMARTS) is 1. The van der Waals surface area contributed by atoms with E-state index in [9.17, 15) is 4.79 Å². The van der Waals surface area contributed by atoms with Gasteiger partial charge in [-0.3, -0.25) is 4.79 Å². The smallest absolute Gasteiger partial charge is 0.304 e. The molecule has 0 bridgehead atoms. The lowest BCUT2D eigenvalue weighted by Crippen LogP contribution is -2.11. The van der Waals surface area contributed by atoms with Gasteiger partial charge < -0.3 is 5.11 Å². The molecule has 0 amide bonds. The first-order valence-corrected chi connectivity index (χ1v) is 5.79. The molecule has 3 heteroatoms. The van der Waals surface area contributed by atoms with Crippen molar-refractivity contribution in [3.63, 3.8) is 0 Å². The average Bonchev–Trinajstić information content (AvgIpc) is 2.76. The summed E-state index contributed by atoms with van der Waals surface area (Å²) in [5, 5.41) is 8.82. The topological polar surface area (TPSA) is 37.3 Å². The molecule has 1 N–H and O–H groups in total. The number of rotatable bonds is 4. The monoisotopic (exact) mass is 210 g/mol. The highest BCUT2D eigenvalue weighted by molar-refractivity contribution is 7.12. The van der Waals surface area contributed by atoms with E-state index in [2.05, 4.69) is 19.1 Å². The Morgan fingerprint density at radius 2 is 2.29 bits per heavy atom. The normalized spacial score (nSPS) is 18.1. The van der Waals surface area contributed by atoms with E-state index in [1.165, 1.54) is 9.75 Å². The van der Waals surface area contributed by atoms with Crippen molar-refractivity contribution in [2.24, 2.45) is 0 Å². The maximum absolute atomic E-state index is 10.7. The number of hydrogen-bond acceptors (Lipinski definition) is 2. The summed E-state index contributed by atoms with van der Waals surface area (Å²) in [5.41, 5.74) is 0.00389. The van der Waals surface area contributed by atoms with Gasteiger partial charge in [0, 0.05) is 15.2 Å². The highest BCUT2D eigenvalue weighted by atomic mass is 32.1. The Hall–Kier alpha value is -0.830. The second-order valence-electron chi connectivity index (χ2n) is 3.97. The van der Waals surface area contributed by atoms with Crippen LogP contribution >= 0.6 is 11.3 Å². The lowest BCUT2D eigenvalue weighted by molar-refractivity contribution is -0.137. The lowest BCUT2D eigenvalue weighted by Gasteiger charge is -2.08. The van der Waals surface area contributed by atoms with Crippen molar-refractivity contribution in [2.45, 2.75) is 38.0 Å². The van der Waals surface area contributed by atoms with E-state index in [1.54, 1.807) is 11.3 Å². The van der Waals surface area contributed by atoms with Crippen molar-refractivity contribution in [1.82, 2.24) is 0 Å². The Morgan fingerprint density at radius 1 is 1.57 bits per heavy atom. The molecule has 0 unspecified atom stereocenters. The van der Waals surface area contributed by atoms with E-state index < -0.39 is 5.97 Å². The fraction of sp³-hybridized carbons (Fsp3) is 0.545. The Kier molecular flexibility index (Phi) is 2.35. The van der Waals surface area contributed by atoms with Crippen LogP contribution < -0.4 is 0 Å². The maximum atomic E-state index is 10.7. The van der Waals surface area contributed by atoms with E-state index in [0.29, 0.717) is 6.42 Å². The quantitative estimate of drug-likeness (QED) is 0.829. The first kappa shape index (κ1) is 9.71. The van der Waals surface area contributed by atoms with Gasteiger partial charge in [0.05, 0.1) is 6.42 Å². The molecular weight excluding hydrogens is 196 g/mol. The van der Waals surface area contributed by atoms with Crippen LogP contribution in [-0.4, -0.2) is 11.1 Å². The molecule has 0 radical (unpaired) electrons. The highest BCUT2D eigenvalue weighted by Gasteiger charge is 2.46. The molecule has 0 spiro atoms. The van der Waals surface area contributed by atoms with Gasteiger partial charge in [-0.2, -0.15) is 0 Å². The fourth-order valence-corrected chi connectivity index (χ4v) is 3.00. The SMILES string of the molecule is CCc1ccc(C2(CC(=O)O)CC2)s1. The van der Waals surface area contributed by atoms with Gasteiger partial charge in [-0.25, -0.2) is 0 Å².